The number of likely N-dealkylation sites (tertiary alicyclic amines) is 1. The summed E-state index contributed by atoms with van der Waals surface area (Å²) in [5.41, 5.74) is 38.0. The summed E-state index contributed by atoms with van der Waals surface area (Å²) in [6.07, 6.45) is -1.57. The molecule has 1 aliphatic rings. The Morgan fingerprint density at radius 2 is 0.989 bits per heavy atom. The van der Waals surface area contributed by atoms with Crippen molar-refractivity contribution in [3.8, 4) is 0 Å². The molecule has 12 atom stereocenters. The molecule has 0 unspecified atom stereocenters. The van der Waals surface area contributed by atoms with Gasteiger partial charge in [0.05, 0.1) is 39.0 Å². The third-order valence-corrected chi connectivity index (χ3v) is 14.5. The number of aliphatic hydroxyl groups excluding tert-OH is 4. The Hall–Kier alpha value is -8.77. The van der Waals surface area contributed by atoms with Gasteiger partial charge in [-0.15, -0.1) is 0 Å². The molecule has 1 saturated heterocycles. The van der Waals surface area contributed by atoms with Gasteiger partial charge in [-0.1, -0.05) is 13.8 Å². The molecule has 0 saturated carbocycles. The van der Waals surface area contributed by atoms with E-state index in [0.717, 1.165) is 6.92 Å². The molecule has 0 aromatic heterocycles. The van der Waals surface area contributed by atoms with Crippen LogP contribution in [0.15, 0.2) is 9.98 Å². The lowest BCUT2D eigenvalue weighted by molar-refractivity contribution is -0.143. The molecule has 1 fully saturated rings. The second-order valence-corrected chi connectivity index (χ2v) is 22.8. The highest BCUT2D eigenvalue weighted by Crippen LogP contribution is 2.21. The molecule has 538 valence electrons. The summed E-state index contributed by atoms with van der Waals surface area (Å²) in [5.74, 6) is -15.4. The van der Waals surface area contributed by atoms with Crippen molar-refractivity contribution in [2.24, 2.45) is 56.0 Å². The monoisotopic (exact) mass is 1380 g/mol. The normalized spacial score (nSPS) is 16.1. The van der Waals surface area contributed by atoms with Crippen LogP contribution in [0.4, 0.5) is 0 Å². The predicted molar refractivity (Wildman–Crippen MR) is 341 cm³/mol. The Bertz CT molecular complexity index is 2670. The number of thiol groups is 1. The van der Waals surface area contributed by atoms with E-state index in [0.29, 0.717) is 12.8 Å². The third-order valence-electron chi connectivity index (χ3n) is 14.1. The maximum atomic E-state index is 14.5. The van der Waals surface area contributed by atoms with Crippen molar-refractivity contribution < 1.29 is 92.7 Å². The van der Waals surface area contributed by atoms with E-state index in [1.165, 1.54) is 4.90 Å². The summed E-state index contributed by atoms with van der Waals surface area (Å²) in [6, 6.07) is -16.8. The molecular weight excluding hydrogens is 1280 g/mol. The number of carbonyl (C=O) groups is 14. The van der Waals surface area contributed by atoms with Crippen LogP contribution in [0.2, 0.25) is 0 Å². The van der Waals surface area contributed by atoms with Gasteiger partial charge in [0.2, 0.25) is 76.8 Å². The van der Waals surface area contributed by atoms with Gasteiger partial charge in [-0.25, -0.2) is 4.79 Å². The van der Waals surface area contributed by atoms with Gasteiger partial charge in [0.15, 0.2) is 11.9 Å². The molecule has 0 bridgehead atoms. The first-order valence-corrected chi connectivity index (χ1v) is 31.1. The summed E-state index contributed by atoms with van der Waals surface area (Å²) >= 11 is 4.11. The van der Waals surface area contributed by atoms with Gasteiger partial charge in [-0.3, -0.25) is 72.3 Å². The largest absolute Gasteiger partial charge is 0.480 e. The van der Waals surface area contributed by atoms with Crippen LogP contribution in [0, 0.1) is 5.92 Å². The molecule has 30 N–H and O–H groups in total. The van der Waals surface area contributed by atoms with Crippen LogP contribution in [0.5, 0.6) is 0 Å². The number of nitrogens with one attached hydrogen (secondary N) is 11. The minimum absolute atomic E-state index is 0.00436. The molecule has 40 nitrogen and oxygen atoms in total. The van der Waals surface area contributed by atoms with Crippen LogP contribution < -0.4 is 98.6 Å². The first kappa shape index (κ1) is 84.2. The van der Waals surface area contributed by atoms with E-state index in [2.05, 4.69) is 81.1 Å². The smallest absolute Gasteiger partial charge is 0.326 e. The lowest BCUT2D eigenvalue weighted by Crippen LogP contribution is -2.61. The molecule has 0 aromatic carbocycles. The Morgan fingerprint density at radius 1 is 0.537 bits per heavy atom. The number of hydrogen-bond donors (Lipinski definition) is 24. The van der Waals surface area contributed by atoms with Crippen LogP contribution in [0.1, 0.15) is 97.8 Å². The van der Waals surface area contributed by atoms with Crippen LogP contribution in [-0.4, -0.2) is 263 Å². The lowest BCUT2D eigenvalue weighted by Gasteiger charge is -2.31. The van der Waals surface area contributed by atoms with Gasteiger partial charge >= 0.3 is 5.97 Å². The number of rotatable bonds is 46. The van der Waals surface area contributed by atoms with Gasteiger partial charge < -0.3 is 129 Å². The number of carboxylic acid groups (broad SMARTS) is 1. The van der Waals surface area contributed by atoms with E-state index in [4.69, 9.17) is 40.1 Å². The van der Waals surface area contributed by atoms with Gasteiger partial charge in [-0.2, -0.15) is 12.6 Å². The second-order valence-electron chi connectivity index (χ2n) is 22.5. The van der Waals surface area contributed by atoms with Crippen molar-refractivity contribution in [1.82, 2.24) is 63.4 Å². The zero-order valence-corrected chi connectivity index (χ0v) is 54.2. The van der Waals surface area contributed by atoms with Gasteiger partial charge in [0.1, 0.15) is 66.5 Å². The van der Waals surface area contributed by atoms with E-state index in [-0.39, 0.29) is 95.4 Å². The molecule has 41 heteroatoms. The molecule has 95 heavy (non-hydrogen) atoms. The number of unbranched alkanes of at least 4 members (excludes halogenated alkanes) is 1. The molecule has 0 radical (unpaired) electrons. The fourth-order valence-electron chi connectivity index (χ4n) is 9.07. The van der Waals surface area contributed by atoms with Crippen molar-refractivity contribution in [2.45, 2.75) is 170 Å². The molecule has 1 aliphatic heterocycles. The molecule has 0 aromatic rings. The third kappa shape index (κ3) is 32.3. The van der Waals surface area contributed by atoms with E-state index >= 15 is 0 Å². The van der Waals surface area contributed by atoms with Crippen molar-refractivity contribution in [2.75, 3.05) is 64.8 Å². The number of carboxylic acids is 1. The highest BCUT2D eigenvalue weighted by molar-refractivity contribution is 7.80. The number of primary amides is 1. The minimum Gasteiger partial charge on any atom is -0.480 e. The molecule has 0 aliphatic carbocycles. The number of aliphatic hydroxyl groups is 4. The SMILES string of the molecule is CC(C)C[C@H](NC(=O)CNC(=O)[C@@H](N)CO)C(=O)N[C@@H](CCCN=C(N)N)C(=O)N[C@@H](CCCCN)C(=O)N1CCC[C@H]1C(=O)N[C@H](C(=O)N[C@@H](CS)C(=O)NCC(=O)N[C@@H](CO)C(=O)N[C@@H](CO)C(=O)N[C@@H](CCC(N)=O)C(=O)N[C@@H](CCCN=C(N)N)C(=O)O)[C@@H](C)O. The van der Waals surface area contributed by atoms with E-state index in [1.807, 2.05) is 0 Å². The van der Waals surface area contributed by atoms with Crippen LogP contribution in [0.25, 0.3) is 0 Å². The fraction of sp³-hybridized carbons (Fsp3) is 0.704. The van der Waals surface area contributed by atoms with Crippen LogP contribution in [-0.2, 0) is 67.1 Å². The van der Waals surface area contributed by atoms with Gasteiger partial charge in [0.25, 0.3) is 0 Å². The molecule has 1 rings (SSSR count). The topological polar surface area (TPSA) is 683 Å². The van der Waals surface area contributed by atoms with Gasteiger partial charge in [0, 0.05) is 31.8 Å². The lowest BCUT2D eigenvalue weighted by atomic mass is 10.0. The number of hydrogen-bond acceptors (Lipinski definition) is 23. The molecule has 13 amide bonds. The minimum atomic E-state index is -1.88. The summed E-state index contributed by atoms with van der Waals surface area (Å²) < 4.78 is 0. The number of carbonyl (C=O) groups excluding carboxylic acids is 13. The maximum absolute atomic E-state index is 14.5. The van der Waals surface area contributed by atoms with Crippen molar-refractivity contribution in [1.29, 1.82) is 0 Å². The summed E-state index contributed by atoms with van der Waals surface area (Å²) in [7, 11) is 0. The highest BCUT2D eigenvalue weighted by atomic mass is 32.1. The average Bonchev–Trinajstić information content (AvgIpc) is 1.77. The number of nitrogens with zero attached hydrogens (tertiary/aromatic N) is 3. The second kappa shape index (κ2) is 44.8. The summed E-state index contributed by atoms with van der Waals surface area (Å²) in [4.78, 5) is 194. The number of aliphatic imine (C=N–C) groups is 2. The molecule has 0 spiro atoms. The first-order valence-electron chi connectivity index (χ1n) is 30.5. The Balaban J connectivity index is 3.22. The number of amides is 13. The standard InChI is InChI=1S/C54H97N21O19S/c1-26(2)19-33(66-39(81)20-64-42(83)28(56)22-76)46(87)68-29(10-6-16-62-53(58)59)44(85)70-31(9-4-5-15-55)51(92)75-18-8-12-37(75)49(90)74-41(27(3)79)50(91)73-36(25-95)43(84)65-21-40(82)67-34(23-77)47(88)72-35(24-78)48(89)69-30(13-14-38(57)80)45(86)71-32(52(93)94)11-7-17-63-54(60)61/h26-37,41,76-79,95H,4-25,55-56H2,1-3H3,(H2,57,80)(H,64,83)(H,65,84)(H,66,81)(H,67,82)(H,68,87)(H,69,89)(H,70,85)(H,71,86)(H,72,88)(H,73,91)(H,74,90)(H,93,94)(H4,58,59,62)(H4,60,61,63)/t27-,28+,29+,30+,31+,32+,33+,34+,35+,36+,37+,41+/m1/s1. The zero-order chi connectivity index (χ0) is 72.1. The van der Waals surface area contributed by atoms with E-state index in [1.54, 1.807) is 13.8 Å². The van der Waals surface area contributed by atoms with Gasteiger partial charge in [-0.05, 0) is 90.0 Å². The number of guanidine groups is 2. The van der Waals surface area contributed by atoms with Crippen molar-refractivity contribution in [3.63, 3.8) is 0 Å². The Morgan fingerprint density at radius 3 is 1.47 bits per heavy atom. The number of aliphatic carboxylic acids is 1. The summed E-state index contributed by atoms with van der Waals surface area (Å²) in [6.45, 7) is 0.410. The van der Waals surface area contributed by atoms with E-state index in [9.17, 15) is 92.7 Å². The predicted octanol–water partition coefficient (Wildman–Crippen LogP) is -12.2. The molecule has 1 heterocycles. The quantitative estimate of drug-likeness (QED) is 0.0116. The van der Waals surface area contributed by atoms with Crippen molar-refractivity contribution in [3.05, 3.63) is 0 Å². The van der Waals surface area contributed by atoms with Crippen LogP contribution >= 0.6 is 12.6 Å². The first-order chi connectivity index (χ1) is 44.7. The maximum Gasteiger partial charge on any atom is 0.326 e. The highest BCUT2D eigenvalue weighted by Gasteiger charge is 2.41. The zero-order valence-electron chi connectivity index (χ0n) is 53.3. The summed E-state index contributed by atoms with van der Waals surface area (Å²) in [5, 5.41) is 75.2. The molecular formula is C54H97N21O19S. The van der Waals surface area contributed by atoms with Crippen molar-refractivity contribution >= 4 is 107 Å². The average molecular weight is 1380 g/mol. The van der Waals surface area contributed by atoms with E-state index < -0.39 is 207 Å². The number of nitrogens with two attached hydrogens (primary N) is 7. The fourth-order valence-corrected chi connectivity index (χ4v) is 9.32. The van der Waals surface area contributed by atoms with Crippen LogP contribution in [0.3, 0.4) is 0 Å². The Labute approximate surface area is 552 Å². The Kier molecular flexibility index (Phi) is 39.7.